The number of fused-ring (bicyclic) bond motifs is 1. The molecule has 2 heterocycles. The van der Waals surface area contributed by atoms with Gasteiger partial charge in [-0.1, -0.05) is 0 Å². The smallest absolute Gasteiger partial charge is 0.0560 e. The van der Waals surface area contributed by atoms with E-state index in [1.54, 1.807) is 0 Å². The third-order valence-electron chi connectivity index (χ3n) is 3.95. The third-order valence-corrected chi connectivity index (χ3v) is 3.95. The minimum absolute atomic E-state index is 0.678. The Morgan fingerprint density at radius 1 is 1.35 bits per heavy atom. The quantitative estimate of drug-likeness (QED) is 0.792. The molecule has 1 saturated heterocycles. The topological polar surface area (TPSA) is 19.4 Å². The standard InChI is InChI=1S/C14H21N3/c1-10-4-12(8-15-7-10)17-13(9-16(2)3)5-11-6-14(11)17/h4,7-8,11,13-14H,5-6,9H2,1-3H3. The van der Waals surface area contributed by atoms with Crippen LogP contribution < -0.4 is 4.90 Å². The zero-order valence-electron chi connectivity index (χ0n) is 10.9. The molecular weight excluding hydrogens is 210 g/mol. The predicted octanol–water partition coefficient (Wildman–Crippen LogP) is 1.92. The number of aryl methyl sites for hydroxylation is 1. The van der Waals surface area contributed by atoms with Gasteiger partial charge in [0.15, 0.2) is 0 Å². The van der Waals surface area contributed by atoms with Crippen LogP contribution in [0.1, 0.15) is 18.4 Å². The van der Waals surface area contributed by atoms with Gasteiger partial charge in [0.05, 0.1) is 11.9 Å². The van der Waals surface area contributed by atoms with Crippen LogP contribution >= 0.6 is 0 Å². The number of aromatic nitrogens is 1. The molecule has 1 saturated carbocycles. The van der Waals surface area contributed by atoms with Gasteiger partial charge in [-0.3, -0.25) is 4.98 Å². The Kier molecular flexibility index (Phi) is 2.58. The lowest BCUT2D eigenvalue weighted by Crippen LogP contribution is -2.40. The van der Waals surface area contributed by atoms with Crippen molar-refractivity contribution in [3.8, 4) is 0 Å². The van der Waals surface area contributed by atoms with Crippen molar-refractivity contribution in [3.63, 3.8) is 0 Å². The van der Waals surface area contributed by atoms with E-state index in [9.17, 15) is 0 Å². The van der Waals surface area contributed by atoms with E-state index in [2.05, 4.69) is 41.9 Å². The van der Waals surface area contributed by atoms with Crippen LogP contribution in [0.2, 0.25) is 0 Å². The van der Waals surface area contributed by atoms with Crippen molar-refractivity contribution >= 4 is 5.69 Å². The number of piperidine rings is 1. The van der Waals surface area contributed by atoms with Gasteiger partial charge in [0.25, 0.3) is 0 Å². The fraction of sp³-hybridized carbons (Fsp3) is 0.643. The van der Waals surface area contributed by atoms with Crippen LogP contribution in [0, 0.1) is 12.8 Å². The highest BCUT2D eigenvalue weighted by molar-refractivity contribution is 5.52. The zero-order chi connectivity index (χ0) is 12.0. The molecule has 0 bridgehead atoms. The van der Waals surface area contributed by atoms with Crippen molar-refractivity contribution in [1.82, 2.24) is 9.88 Å². The molecule has 0 radical (unpaired) electrons. The molecule has 2 fully saturated rings. The van der Waals surface area contributed by atoms with E-state index >= 15 is 0 Å². The first kappa shape index (κ1) is 11.0. The van der Waals surface area contributed by atoms with E-state index in [1.165, 1.54) is 24.1 Å². The van der Waals surface area contributed by atoms with E-state index in [0.717, 1.165) is 18.5 Å². The molecule has 0 N–H and O–H groups in total. The highest BCUT2D eigenvalue weighted by Gasteiger charge is 2.51. The second-order valence-electron chi connectivity index (χ2n) is 5.84. The molecule has 0 amide bonds. The maximum atomic E-state index is 4.34. The highest BCUT2D eigenvalue weighted by atomic mass is 15.3. The van der Waals surface area contributed by atoms with Crippen LogP contribution in [0.15, 0.2) is 18.5 Å². The normalized spacial score (nSPS) is 30.8. The van der Waals surface area contributed by atoms with Crippen LogP contribution in [-0.4, -0.2) is 42.6 Å². The number of hydrogen-bond donors (Lipinski definition) is 0. The summed E-state index contributed by atoms with van der Waals surface area (Å²) in [6, 6.07) is 3.75. The fourth-order valence-corrected chi connectivity index (χ4v) is 3.23. The molecule has 1 aromatic rings. The molecular formula is C14H21N3. The largest absolute Gasteiger partial charge is 0.363 e. The first-order valence-electron chi connectivity index (χ1n) is 6.50. The summed E-state index contributed by atoms with van der Waals surface area (Å²) in [6.07, 6.45) is 6.70. The minimum Gasteiger partial charge on any atom is -0.363 e. The molecule has 3 unspecified atom stereocenters. The van der Waals surface area contributed by atoms with Gasteiger partial charge in [-0.2, -0.15) is 0 Å². The van der Waals surface area contributed by atoms with E-state index in [1.807, 2.05) is 12.4 Å². The summed E-state index contributed by atoms with van der Waals surface area (Å²) in [4.78, 5) is 9.25. The van der Waals surface area contributed by atoms with Gasteiger partial charge < -0.3 is 9.80 Å². The number of anilines is 1. The Bertz CT molecular complexity index is 416. The molecule has 2 aliphatic rings. The maximum absolute atomic E-state index is 4.34. The molecule has 3 nitrogen and oxygen atoms in total. The molecule has 3 rings (SSSR count). The molecule has 92 valence electrons. The molecule has 1 aliphatic heterocycles. The number of nitrogens with zero attached hydrogens (tertiary/aromatic N) is 3. The molecule has 1 aliphatic carbocycles. The first-order valence-corrected chi connectivity index (χ1v) is 6.50. The Hall–Kier alpha value is -1.09. The van der Waals surface area contributed by atoms with Gasteiger partial charge in [-0.15, -0.1) is 0 Å². The Morgan fingerprint density at radius 2 is 2.18 bits per heavy atom. The average Bonchev–Trinajstić information content (AvgIpc) is 2.89. The van der Waals surface area contributed by atoms with E-state index in [-0.39, 0.29) is 0 Å². The fourth-order valence-electron chi connectivity index (χ4n) is 3.23. The lowest BCUT2D eigenvalue weighted by Gasteiger charge is -2.31. The maximum Gasteiger partial charge on any atom is 0.0560 e. The summed E-state index contributed by atoms with van der Waals surface area (Å²) in [5, 5.41) is 0. The lowest BCUT2D eigenvalue weighted by atomic mass is 10.1. The molecule has 3 heteroatoms. The van der Waals surface area contributed by atoms with Crippen LogP contribution in [0.3, 0.4) is 0 Å². The molecule has 1 aromatic heterocycles. The van der Waals surface area contributed by atoms with Crippen LogP contribution in [0.4, 0.5) is 5.69 Å². The average molecular weight is 231 g/mol. The Balaban J connectivity index is 1.84. The van der Waals surface area contributed by atoms with Gasteiger partial charge in [0.1, 0.15) is 0 Å². The third kappa shape index (κ3) is 2.04. The summed E-state index contributed by atoms with van der Waals surface area (Å²) in [5.41, 5.74) is 2.58. The van der Waals surface area contributed by atoms with Gasteiger partial charge >= 0.3 is 0 Å². The lowest BCUT2D eigenvalue weighted by molar-refractivity contribution is 0.361. The summed E-state index contributed by atoms with van der Waals surface area (Å²) in [7, 11) is 4.33. The molecule has 17 heavy (non-hydrogen) atoms. The van der Waals surface area contributed by atoms with Crippen molar-refractivity contribution < 1.29 is 0 Å². The molecule has 0 aromatic carbocycles. The van der Waals surface area contributed by atoms with Crippen LogP contribution in [-0.2, 0) is 0 Å². The van der Waals surface area contributed by atoms with Crippen molar-refractivity contribution in [2.24, 2.45) is 5.92 Å². The van der Waals surface area contributed by atoms with Crippen molar-refractivity contribution in [1.29, 1.82) is 0 Å². The van der Waals surface area contributed by atoms with E-state index < -0.39 is 0 Å². The van der Waals surface area contributed by atoms with E-state index in [4.69, 9.17) is 0 Å². The van der Waals surface area contributed by atoms with Gasteiger partial charge in [-0.25, -0.2) is 0 Å². The molecule has 0 spiro atoms. The first-order chi connectivity index (χ1) is 8.15. The summed E-state index contributed by atoms with van der Waals surface area (Å²) in [5.74, 6) is 0.945. The summed E-state index contributed by atoms with van der Waals surface area (Å²) >= 11 is 0. The second-order valence-corrected chi connectivity index (χ2v) is 5.84. The zero-order valence-corrected chi connectivity index (χ0v) is 10.9. The van der Waals surface area contributed by atoms with E-state index in [0.29, 0.717) is 6.04 Å². The number of likely N-dealkylation sites (N-methyl/N-ethyl adjacent to an activating group) is 1. The van der Waals surface area contributed by atoms with Crippen LogP contribution in [0.25, 0.3) is 0 Å². The van der Waals surface area contributed by atoms with Crippen LogP contribution in [0.5, 0.6) is 0 Å². The van der Waals surface area contributed by atoms with Crippen molar-refractivity contribution in [3.05, 3.63) is 24.0 Å². The monoisotopic (exact) mass is 231 g/mol. The number of pyridine rings is 1. The summed E-state index contributed by atoms with van der Waals surface area (Å²) in [6.45, 7) is 3.28. The summed E-state index contributed by atoms with van der Waals surface area (Å²) < 4.78 is 0. The van der Waals surface area contributed by atoms with Gasteiger partial charge in [0, 0.05) is 24.8 Å². The number of hydrogen-bond acceptors (Lipinski definition) is 3. The second kappa shape index (κ2) is 3.98. The van der Waals surface area contributed by atoms with Gasteiger partial charge in [-0.05, 0) is 51.4 Å². The minimum atomic E-state index is 0.678. The van der Waals surface area contributed by atoms with Crippen molar-refractivity contribution in [2.45, 2.75) is 31.8 Å². The van der Waals surface area contributed by atoms with Crippen molar-refractivity contribution in [2.75, 3.05) is 25.5 Å². The van der Waals surface area contributed by atoms with Gasteiger partial charge in [0.2, 0.25) is 0 Å². The SMILES string of the molecule is Cc1cncc(N2C(CN(C)C)CC3CC32)c1. The molecule has 3 atom stereocenters. The Morgan fingerprint density at radius 3 is 2.88 bits per heavy atom. The Labute approximate surface area is 103 Å². The predicted molar refractivity (Wildman–Crippen MR) is 70.3 cm³/mol. The highest BCUT2D eigenvalue weighted by Crippen LogP contribution is 2.49. The number of rotatable bonds is 3.